The Bertz CT molecular complexity index is 768. The first kappa shape index (κ1) is 17.7. The fourth-order valence-corrected chi connectivity index (χ4v) is 1.97. The molecule has 0 bridgehead atoms. The van der Waals surface area contributed by atoms with Crippen LogP contribution in [0.3, 0.4) is 0 Å². The molecular formula is C18H15ClFNO3. The number of hydrogen-bond acceptors (Lipinski definition) is 4. The van der Waals surface area contributed by atoms with Crippen LogP contribution in [0.25, 0.3) is 5.76 Å². The van der Waals surface area contributed by atoms with Crippen LogP contribution in [0.2, 0.25) is 5.02 Å². The third-order valence-corrected chi connectivity index (χ3v) is 3.29. The van der Waals surface area contributed by atoms with Crippen molar-refractivity contribution in [3.05, 3.63) is 70.5 Å². The average Bonchev–Trinajstić information content (AvgIpc) is 2.57. The number of aliphatic hydroxyl groups excluding tert-OH is 1. The Hall–Kier alpha value is -2.66. The van der Waals surface area contributed by atoms with Crippen molar-refractivity contribution >= 4 is 35.2 Å². The molecule has 2 rings (SSSR count). The molecule has 0 unspecified atom stereocenters. The Morgan fingerprint density at radius 2 is 1.83 bits per heavy atom. The number of esters is 1. The zero-order valence-corrected chi connectivity index (χ0v) is 13.6. The number of aliphatic imine (C=N–C) groups is 1. The Balaban J connectivity index is 2.40. The molecule has 0 saturated carbocycles. The van der Waals surface area contributed by atoms with Crippen molar-refractivity contribution in [2.24, 2.45) is 4.99 Å². The van der Waals surface area contributed by atoms with E-state index in [1.807, 2.05) is 0 Å². The summed E-state index contributed by atoms with van der Waals surface area (Å²) in [7, 11) is 0. The summed E-state index contributed by atoms with van der Waals surface area (Å²) in [5.74, 6) is -1.38. The zero-order chi connectivity index (χ0) is 17.5. The maximum atomic E-state index is 12.9. The molecule has 0 radical (unpaired) electrons. The molecule has 124 valence electrons. The standard InChI is InChI=1S/C18H15ClFNO3/c1-2-24-18(23)16(11-21-15-9-7-14(20)8-10-15)17(22)12-3-5-13(19)6-4-12/h3-11,22H,2H2,1H3/b17-16-,21-11?. The van der Waals surface area contributed by atoms with E-state index in [0.717, 1.165) is 0 Å². The van der Waals surface area contributed by atoms with Gasteiger partial charge in [-0.3, -0.25) is 4.99 Å². The normalized spacial score (nSPS) is 12.1. The number of nitrogens with zero attached hydrogens (tertiary/aromatic N) is 1. The summed E-state index contributed by atoms with van der Waals surface area (Å²) in [6.07, 6.45) is 1.19. The molecule has 24 heavy (non-hydrogen) atoms. The molecule has 0 atom stereocenters. The number of carbonyl (C=O) groups is 1. The molecule has 1 N–H and O–H groups in total. The lowest BCUT2D eigenvalue weighted by atomic mass is 10.1. The summed E-state index contributed by atoms with van der Waals surface area (Å²) in [6, 6.07) is 11.7. The molecule has 0 saturated heterocycles. The maximum absolute atomic E-state index is 12.9. The predicted octanol–water partition coefficient (Wildman–Crippen LogP) is 4.71. The van der Waals surface area contributed by atoms with E-state index in [9.17, 15) is 14.3 Å². The van der Waals surface area contributed by atoms with Crippen LogP contribution in [0.1, 0.15) is 12.5 Å². The Labute approximate surface area is 143 Å². The molecule has 0 aromatic heterocycles. The van der Waals surface area contributed by atoms with Crippen molar-refractivity contribution in [1.29, 1.82) is 0 Å². The molecule has 0 fully saturated rings. The number of carbonyl (C=O) groups excluding carboxylic acids is 1. The van der Waals surface area contributed by atoms with Gasteiger partial charge in [0, 0.05) is 16.8 Å². The van der Waals surface area contributed by atoms with Crippen LogP contribution in [0.15, 0.2) is 59.1 Å². The van der Waals surface area contributed by atoms with E-state index in [2.05, 4.69) is 4.99 Å². The van der Waals surface area contributed by atoms with Gasteiger partial charge < -0.3 is 9.84 Å². The highest BCUT2D eigenvalue weighted by atomic mass is 35.5. The third-order valence-electron chi connectivity index (χ3n) is 3.04. The smallest absolute Gasteiger partial charge is 0.343 e. The Morgan fingerprint density at radius 3 is 2.42 bits per heavy atom. The van der Waals surface area contributed by atoms with Gasteiger partial charge in [-0.2, -0.15) is 0 Å². The molecule has 0 aliphatic heterocycles. The number of halogens is 2. The first-order chi connectivity index (χ1) is 11.5. The minimum Gasteiger partial charge on any atom is -0.506 e. The van der Waals surface area contributed by atoms with Crippen molar-refractivity contribution in [3.63, 3.8) is 0 Å². The lowest BCUT2D eigenvalue weighted by molar-refractivity contribution is -0.137. The van der Waals surface area contributed by atoms with Crippen LogP contribution >= 0.6 is 11.6 Å². The third kappa shape index (κ3) is 4.67. The van der Waals surface area contributed by atoms with Gasteiger partial charge in [-0.05, 0) is 55.5 Å². The van der Waals surface area contributed by atoms with E-state index in [-0.39, 0.29) is 23.8 Å². The lowest BCUT2D eigenvalue weighted by Crippen LogP contribution is -2.11. The van der Waals surface area contributed by atoms with Crippen LogP contribution < -0.4 is 0 Å². The summed E-state index contributed by atoms with van der Waals surface area (Å²) in [6.45, 7) is 1.81. The van der Waals surface area contributed by atoms with Gasteiger partial charge in [-0.15, -0.1) is 0 Å². The predicted molar refractivity (Wildman–Crippen MR) is 92.2 cm³/mol. The van der Waals surface area contributed by atoms with Gasteiger partial charge in [0.05, 0.1) is 12.3 Å². The number of hydrogen-bond donors (Lipinski definition) is 1. The second kappa shape index (κ2) is 8.26. The van der Waals surface area contributed by atoms with Crippen molar-refractivity contribution in [1.82, 2.24) is 0 Å². The molecule has 2 aromatic rings. The first-order valence-corrected chi connectivity index (χ1v) is 7.55. The minimum absolute atomic E-state index is 0.108. The molecule has 4 nitrogen and oxygen atoms in total. The Morgan fingerprint density at radius 1 is 1.21 bits per heavy atom. The summed E-state index contributed by atoms with van der Waals surface area (Å²) in [5, 5.41) is 10.9. The molecule has 0 aliphatic carbocycles. The number of ether oxygens (including phenoxy) is 1. The monoisotopic (exact) mass is 347 g/mol. The van der Waals surface area contributed by atoms with Crippen LogP contribution in [-0.4, -0.2) is 23.9 Å². The molecule has 0 amide bonds. The lowest BCUT2D eigenvalue weighted by Gasteiger charge is -2.07. The highest BCUT2D eigenvalue weighted by Crippen LogP contribution is 2.20. The molecule has 2 aromatic carbocycles. The molecule has 0 spiro atoms. The van der Waals surface area contributed by atoms with Crippen LogP contribution in [0, 0.1) is 5.82 Å². The maximum Gasteiger partial charge on any atom is 0.343 e. The average molecular weight is 348 g/mol. The second-order valence-electron chi connectivity index (χ2n) is 4.72. The molecular weight excluding hydrogens is 333 g/mol. The van der Waals surface area contributed by atoms with Crippen molar-refractivity contribution in [2.45, 2.75) is 6.92 Å². The molecule has 6 heteroatoms. The highest BCUT2D eigenvalue weighted by Gasteiger charge is 2.16. The number of rotatable bonds is 5. The molecule has 0 aliphatic rings. The Kier molecular flexibility index (Phi) is 6.09. The SMILES string of the molecule is CCOC(=O)/C(C=Nc1ccc(F)cc1)=C(\O)c1ccc(Cl)cc1. The quantitative estimate of drug-likeness (QED) is 0.368. The van der Waals surface area contributed by atoms with E-state index in [4.69, 9.17) is 16.3 Å². The summed E-state index contributed by atoms with van der Waals surface area (Å²) < 4.78 is 17.9. The van der Waals surface area contributed by atoms with Gasteiger partial charge in [0.15, 0.2) is 0 Å². The van der Waals surface area contributed by atoms with E-state index in [1.54, 1.807) is 31.2 Å². The van der Waals surface area contributed by atoms with Gasteiger partial charge in [0.1, 0.15) is 17.1 Å². The highest BCUT2D eigenvalue weighted by molar-refractivity contribution is 6.30. The topological polar surface area (TPSA) is 58.9 Å². The van der Waals surface area contributed by atoms with Crippen LogP contribution in [-0.2, 0) is 9.53 Å². The van der Waals surface area contributed by atoms with E-state index in [0.29, 0.717) is 16.3 Å². The van der Waals surface area contributed by atoms with Crippen molar-refractivity contribution in [2.75, 3.05) is 6.61 Å². The van der Waals surface area contributed by atoms with Crippen molar-refractivity contribution < 1.29 is 19.0 Å². The van der Waals surface area contributed by atoms with Crippen LogP contribution in [0.4, 0.5) is 10.1 Å². The van der Waals surface area contributed by atoms with E-state index < -0.39 is 5.97 Å². The van der Waals surface area contributed by atoms with Crippen molar-refractivity contribution in [3.8, 4) is 0 Å². The fraction of sp³-hybridized carbons (Fsp3) is 0.111. The van der Waals surface area contributed by atoms with Gasteiger partial charge in [-0.1, -0.05) is 11.6 Å². The van der Waals surface area contributed by atoms with E-state index >= 15 is 0 Å². The largest absolute Gasteiger partial charge is 0.506 e. The second-order valence-corrected chi connectivity index (χ2v) is 5.16. The first-order valence-electron chi connectivity index (χ1n) is 7.17. The zero-order valence-electron chi connectivity index (χ0n) is 12.9. The van der Waals surface area contributed by atoms with Gasteiger partial charge in [0.2, 0.25) is 0 Å². The summed E-state index contributed by atoms with van der Waals surface area (Å²) in [4.78, 5) is 16.2. The number of benzene rings is 2. The fourth-order valence-electron chi connectivity index (χ4n) is 1.85. The summed E-state index contributed by atoms with van der Waals surface area (Å²) in [5.41, 5.74) is 0.721. The number of aliphatic hydroxyl groups is 1. The van der Waals surface area contributed by atoms with E-state index in [1.165, 1.54) is 30.5 Å². The minimum atomic E-state index is -0.712. The van der Waals surface area contributed by atoms with Gasteiger partial charge in [0.25, 0.3) is 0 Å². The van der Waals surface area contributed by atoms with Gasteiger partial charge >= 0.3 is 5.97 Å². The van der Waals surface area contributed by atoms with Gasteiger partial charge in [-0.25, -0.2) is 9.18 Å². The molecule has 0 heterocycles. The summed E-state index contributed by atoms with van der Waals surface area (Å²) >= 11 is 5.82. The van der Waals surface area contributed by atoms with Crippen LogP contribution in [0.5, 0.6) is 0 Å².